The molecular formula is C14H16N6OS. The lowest BCUT2D eigenvalue weighted by Gasteiger charge is -2.02. The van der Waals surface area contributed by atoms with Gasteiger partial charge in [0.1, 0.15) is 0 Å². The Morgan fingerprint density at radius 2 is 2.09 bits per heavy atom. The molecule has 0 atom stereocenters. The van der Waals surface area contributed by atoms with Crippen LogP contribution >= 0.6 is 11.8 Å². The van der Waals surface area contributed by atoms with E-state index < -0.39 is 0 Å². The molecule has 0 saturated heterocycles. The SMILES string of the molecule is CCCCc1nc(CSc2nnnn2-c2ccccc2)no1. The Balaban J connectivity index is 1.65. The van der Waals surface area contributed by atoms with Gasteiger partial charge in [-0.15, -0.1) is 5.10 Å². The number of rotatable bonds is 7. The molecule has 2 aromatic heterocycles. The molecule has 0 N–H and O–H groups in total. The fourth-order valence-electron chi connectivity index (χ4n) is 1.91. The number of aryl methyl sites for hydroxylation is 1. The largest absolute Gasteiger partial charge is 0.339 e. The van der Waals surface area contributed by atoms with Gasteiger partial charge in [-0.2, -0.15) is 9.67 Å². The fraction of sp³-hybridized carbons (Fsp3) is 0.357. The zero-order chi connectivity index (χ0) is 15.2. The molecule has 0 aliphatic rings. The van der Waals surface area contributed by atoms with Gasteiger partial charge in [0.2, 0.25) is 11.0 Å². The molecule has 8 heteroatoms. The highest BCUT2D eigenvalue weighted by molar-refractivity contribution is 7.98. The molecule has 22 heavy (non-hydrogen) atoms. The minimum absolute atomic E-state index is 0.572. The predicted octanol–water partition coefficient (Wildman–Crippen LogP) is 2.68. The summed E-state index contributed by atoms with van der Waals surface area (Å²) in [6.07, 6.45) is 3.00. The number of benzene rings is 1. The second-order valence-electron chi connectivity index (χ2n) is 4.71. The van der Waals surface area contributed by atoms with Crippen LogP contribution in [0, 0.1) is 0 Å². The van der Waals surface area contributed by atoms with Crippen LogP contribution in [0.5, 0.6) is 0 Å². The Kier molecular flexibility index (Phi) is 4.79. The maximum atomic E-state index is 5.22. The number of tetrazole rings is 1. The molecule has 0 saturated carbocycles. The highest BCUT2D eigenvalue weighted by Crippen LogP contribution is 2.21. The molecule has 0 aliphatic heterocycles. The highest BCUT2D eigenvalue weighted by atomic mass is 32.2. The summed E-state index contributed by atoms with van der Waals surface area (Å²) in [4.78, 5) is 4.37. The fourth-order valence-corrected chi connectivity index (χ4v) is 2.64. The Bertz CT molecular complexity index is 711. The Labute approximate surface area is 132 Å². The molecule has 3 rings (SSSR count). The van der Waals surface area contributed by atoms with E-state index in [1.54, 1.807) is 4.68 Å². The Morgan fingerprint density at radius 3 is 2.91 bits per heavy atom. The molecule has 0 amide bonds. The molecule has 0 spiro atoms. The van der Waals surface area contributed by atoms with Crippen molar-refractivity contribution in [2.45, 2.75) is 37.1 Å². The molecule has 1 aromatic carbocycles. The van der Waals surface area contributed by atoms with E-state index in [-0.39, 0.29) is 0 Å². The van der Waals surface area contributed by atoms with E-state index in [1.165, 1.54) is 11.8 Å². The number of thioether (sulfide) groups is 1. The molecular weight excluding hydrogens is 300 g/mol. The first kappa shape index (κ1) is 14.7. The third kappa shape index (κ3) is 3.51. The topological polar surface area (TPSA) is 82.5 Å². The molecule has 0 unspecified atom stereocenters. The van der Waals surface area contributed by atoms with Crippen LogP contribution in [-0.2, 0) is 12.2 Å². The van der Waals surface area contributed by atoms with Crippen LogP contribution in [0.2, 0.25) is 0 Å². The lowest BCUT2D eigenvalue weighted by molar-refractivity contribution is 0.371. The van der Waals surface area contributed by atoms with E-state index in [0.717, 1.165) is 24.9 Å². The smallest absolute Gasteiger partial charge is 0.226 e. The van der Waals surface area contributed by atoms with E-state index in [2.05, 4.69) is 32.6 Å². The monoisotopic (exact) mass is 316 g/mol. The summed E-state index contributed by atoms with van der Waals surface area (Å²) < 4.78 is 6.92. The normalized spacial score (nSPS) is 11.0. The van der Waals surface area contributed by atoms with E-state index in [0.29, 0.717) is 22.6 Å². The summed E-state index contributed by atoms with van der Waals surface area (Å²) in [5, 5.41) is 16.5. The lowest BCUT2D eigenvalue weighted by atomic mass is 10.2. The second-order valence-corrected chi connectivity index (χ2v) is 5.65. The van der Waals surface area contributed by atoms with Gasteiger partial charge in [0.15, 0.2) is 5.82 Å². The van der Waals surface area contributed by atoms with Gasteiger partial charge >= 0.3 is 0 Å². The van der Waals surface area contributed by atoms with E-state index >= 15 is 0 Å². The van der Waals surface area contributed by atoms with Crippen LogP contribution in [0.1, 0.15) is 31.5 Å². The molecule has 114 valence electrons. The van der Waals surface area contributed by atoms with E-state index in [4.69, 9.17) is 4.52 Å². The number of para-hydroxylation sites is 1. The van der Waals surface area contributed by atoms with Crippen LogP contribution in [-0.4, -0.2) is 30.3 Å². The van der Waals surface area contributed by atoms with Gasteiger partial charge in [0, 0.05) is 6.42 Å². The third-order valence-corrected chi connectivity index (χ3v) is 3.94. The predicted molar refractivity (Wildman–Crippen MR) is 81.6 cm³/mol. The molecule has 7 nitrogen and oxygen atoms in total. The van der Waals surface area contributed by atoms with Crippen molar-refractivity contribution in [2.75, 3.05) is 0 Å². The summed E-state index contributed by atoms with van der Waals surface area (Å²) in [5.41, 5.74) is 0.923. The zero-order valence-electron chi connectivity index (χ0n) is 12.2. The lowest BCUT2D eigenvalue weighted by Crippen LogP contribution is -1.99. The number of aromatic nitrogens is 6. The summed E-state index contributed by atoms with van der Waals surface area (Å²) in [5.74, 6) is 1.93. The first-order valence-electron chi connectivity index (χ1n) is 7.15. The molecule has 2 heterocycles. The van der Waals surface area contributed by atoms with Crippen molar-refractivity contribution >= 4 is 11.8 Å². The van der Waals surface area contributed by atoms with Crippen molar-refractivity contribution in [3.8, 4) is 5.69 Å². The maximum absolute atomic E-state index is 5.22. The Hall–Kier alpha value is -2.22. The molecule has 0 fully saturated rings. The van der Waals surface area contributed by atoms with Crippen LogP contribution in [0.25, 0.3) is 5.69 Å². The molecule has 0 bridgehead atoms. The van der Waals surface area contributed by atoms with Crippen molar-refractivity contribution in [2.24, 2.45) is 0 Å². The summed E-state index contributed by atoms with van der Waals surface area (Å²) in [7, 11) is 0. The first-order chi connectivity index (χ1) is 10.9. The van der Waals surface area contributed by atoms with Crippen molar-refractivity contribution < 1.29 is 4.52 Å². The van der Waals surface area contributed by atoms with Gasteiger partial charge in [0.05, 0.1) is 11.4 Å². The number of hydrogen-bond acceptors (Lipinski definition) is 7. The van der Waals surface area contributed by atoms with Crippen LogP contribution in [0.3, 0.4) is 0 Å². The minimum atomic E-state index is 0.572. The van der Waals surface area contributed by atoms with Crippen molar-refractivity contribution in [1.82, 2.24) is 30.3 Å². The highest BCUT2D eigenvalue weighted by Gasteiger charge is 2.12. The van der Waals surface area contributed by atoms with Gasteiger partial charge in [0.25, 0.3) is 0 Å². The first-order valence-corrected chi connectivity index (χ1v) is 8.13. The third-order valence-electron chi connectivity index (χ3n) is 3.03. The van der Waals surface area contributed by atoms with Crippen LogP contribution in [0.4, 0.5) is 0 Å². The summed E-state index contributed by atoms with van der Waals surface area (Å²) in [6, 6.07) is 9.77. The van der Waals surface area contributed by atoms with Gasteiger partial charge in [-0.3, -0.25) is 0 Å². The van der Waals surface area contributed by atoms with Crippen molar-refractivity contribution in [3.05, 3.63) is 42.0 Å². The zero-order valence-corrected chi connectivity index (χ0v) is 13.0. The Morgan fingerprint density at radius 1 is 1.23 bits per heavy atom. The molecule has 3 aromatic rings. The van der Waals surface area contributed by atoms with Crippen molar-refractivity contribution in [3.63, 3.8) is 0 Å². The van der Waals surface area contributed by atoms with E-state index in [1.807, 2.05) is 30.3 Å². The molecule has 0 aliphatic carbocycles. The standard InChI is InChI=1S/C14H16N6OS/c1-2-3-9-13-15-12(17-21-13)10-22-14-16-18-19-20(14)11-7-5-4-6-8-11/h4-8H,2-3,9-10H2,1H3. The number of nitrogens with zero attached hydrogens (tertiary/aromatic N) is 6. The van der Waals surface area contributed by atoms with Crippen molar-refractivity contribution in [1.29, 1.82) is 0 Å². The van der Waals surface area contributed by atoms with Crippen LogP contribution in [0.15, 0.2) is 40.0 Å². The average Bonchev–Trinajstić information content (AvgIpc) is 3.21. The van der Waals surface area contributed by atoms with Gasteiger partial charge in [-0.1, -0.05) is 48.5 Å². The van der Waals surface area contributed by atoms with E-state index in [9.17, 15) is 0 Å². The maximum Gasteiger partial charge on any atom is 0.226 e. The summed E-state index contributed by atoms with van der Waals surface area (Å²) in [6.45, 7) is 2.14. The molecule has 0 radical (unpaired) electrons. The number of hydrogen-bond donors (Lipinski definition) is 0. The average molecular weight is 316 g/mol. The van der Waals surface area contributed by atoms with Gasteiger partial charge in [-0.05, 0) is 29.0 Å². The van der Waals surface area contributed by atoms with Crippen LogP contribution < -0.4 is 0 Å². The second kappa shape index (κ2) is 7.17. The quantitative estimate of drug-likeness (QED) is 0.620. The minimum Gasteiger partial charge on any atom is -0.339 e. The summed E-state index contributed by atoms with van der Waals surface area (Å²) >= 11 is 1.48. The number of unbranched alkanes of at least 4 members (excludes halogenated alkanes) is 1. The van der Waals surface area contributed by atoms with Gasteiger partial charge < -0.3 is 4.52 Å². The van der Waals surface area contributed by atoms with Gasteiger partial charge in [-0.25, -0.2) is 0 Å².